The van der Waals surface area contributed by atoms with E-state index >= 15 is 0 Å². The molecule has 0 bridgehead atoms. The molecule has 0 unspecified atom stereocenters. The van der Waals surface area contributed by atoms with Crippen molar-refractivity contribution in [3.63, 3.8) is 0 Å². The van der Waals surface area contributed by atoms with E-state index in [1.165, 1.54) is 0 Å². The van der Waals surface area contributed by atoms with E-state index in [1.807, 2.05) is 30.3 Å². The van der Waals surface area contributed by atoms with Crippen LogP contribution in [0.3, 0.4) is 0 Å². The Morgan fingerprint density at radius 1 is 1.33 bits per heavy atom. The van der Waals surface area contributed by atoms with Crippen LogP contribution in [-0.4, -0.2) is 56.3 Å². The molecule has 0 aromatic heterocycles. The van der Waals surface area contributed by atoms with Crippen molar-refractivity contribution in [1.29, 1.82) is 0 Å². The predicted octanol–water partition coefficient (Wildman–Crippen LogP) is 1.35. The van der Waals surface area contributed by atoms with E-state index < -0.39 is 0 Å². The van der Waals surface area contributed by atoms with Gasteiger partial charge >= 0.3 is 5.97 Å². The minimum absolute atomic E-state index is 0.0143. The monoisotopic (exact) mass is 291 g/mol. The summed E-state index contributed by atoms with van der Waals surface area (Å²) in [5, 5.41) is 3.26. The van der Waals surface area contributed by atoms with Crippen molar-refractivity contribution < 1.29 is 14.3 Å². The number of hydrogen-bond donors (Lipinski definition) is 1. The third-order valence-electron chi connectivity index (χ3n) is 3.00. The highest BCUT2D eigenvalue weighted by Crippen LogP contribution is 2.08. The number of ether oxygens (including phenoxy) is 2. The molecule has 1 fully saturated rings. The molecule has 0 radical (unpaired) electrons. The number of morpholine rings is 1. The van der Waals surface area contributed by atoms with E-state index in [9.17, 15) is 4.79 Å². The number of carbonyl (C=O) groups excluding carboxylic acids is 1. The molecule has 1 heterocycles. The summed E-state index contributed by atoms with van der Waals surface area (Å²) in [7, 11) is 0. The minimum atomic E-state index is -0.321. The van der Waals surface area contributed by atoms with Gasteiger partial charge in [0.05, 0.1) is 19.8 Å². The van der Waals surface area contributed by atoms with Crippen LogP contribution >= 0.6 is 0 Å². The summed E-state index contributed by atoms with van der Waals surface area (Å²) < 4.78 is 10.3. The quantitative estimate of drug-likeness (QED) is 0.515. The van der Waals surface area contributed by atoms with Gasteiger partial charge in [-0.15, -0.1) is 0 Å². The average Bonchev–Trinajstić information content (AvgIpc) is 2.53. The molecule has 1 aliphatic rings. The highest BCUT2D eigenvalue weighted by Gasteiger charge is 2.16. The fraction of sp³-hybridized carbons (Fsp3) is 0.467. The third kappa shape index (κ3) is 5.07. The normalized spacial score (nSPS) is 15.7. The van der Waals surface area contributed by atoms with Crippen LogP contribution in [0.4, 0.5) is 5.69 Å². The van der Waals surface area contributed by atoms with Crippen molar-refractivity contribution in [2.45, 2.75) is 6.92 Å². The molecule has 0 amide bonds. The first-order valence-corrected chi connectivity index (χ1v) is 7.14. The standard InChI is InChI=1S/C15H21N3O3/c1-2-21-14(19)12-16-15(18-8-10-20-11-9-18)17-13-6-4-3-5-7-13/h3-7H,2,8-12H2,1H3,(H,16,17). The summed E-state index contributed by atoms with van der Waals surface area (Å²) in [6, 6.07) is 9.77. The Kier molecular flexibility index (Phi) is 6.02. The van der Waals surface area contributed by atoms with Gasteiger partial charge in [0.15, 0.2) is 5.96 Å². The first-order chi connectivity index (χ1) is 10.3. The molecule has 0 aliphatic carbocycles. The number of carbonyl (C=O) groups is 1. The van der Waals surface area contributed by atoms with E-state index in [1.54, 1.807) is 6.92 Å². The number of benzene rings is 1. The Bertz CT molecular complexity index is 470. The molecule has 1 aliphatic heterocycles. The Morgan fingerprint density at radius 3 is 2.71 bits per heavy atom. The molecule has 1 N–H and O–H groups in total. The van der Waals surface area contributed by atoms with E-state index in [4.69, 9.17) is 9.47 Å². The van der Waals surface area contributed by atoms with Gasteiger partial charge in [-0.1, -0.05) is 18.2 Å². The van der Waals surface area contributed by atoms with Crippen molar-refractivity contribution in [1.82, 2.24) is 4.90 Å². The molecule has 6 heteroatoms. The Morgan fingerprint density at radius 2 is 2.05 bits per heavy atom. The van der Waals surface area contributed by atoms with Crippen LogP contribution in [0.5, 0.6) is 0 Å². The van der Waals surface area contributed by atoms with Gasteiger partial charge in [0, 0.05) is 18.8 Å². The van der Waals surface area contributed by atoms with Crippen LogP contribution in [0, 0.1) is 0 Å². The van der Waals surface area contributed by atoms with Gasteiger partial charge in [0.1, 0.15) is 6.54 Å². The number of para-hydroxylation sites is 1. The second-order valence-corrected chi connectivity index (χ2v) is 4.54. The number of esters is 1. The first-order valence-electron chi connectivity index (χ1n) is 7.14. The maximum atomic E-state index is 11.5. The Labute approximate surface area is 124 Å². The summed E-state index contributed by atoms with van der Waals surface area (Å²) in [6.45, 7) is 4.99. The molecule has 21 heavy (non-hydrogen) atoms. The summed E-state index contributed by atoms with van der Waals surface area (Å²) in [5.41, 5.74) is 0.937. The van der Waals surface area contributed by atoms with Gasteiger partial charge in [-0.2, -0.15) is 0 Å². The van der Waals surface area contributed by atoms with Crippen LogP contribution in [0.1, 0.15) is 6.92 Å². The fourth-order valence-electron chi connectivity index (χ4n) is 1.99. The topological polar surface area (TPSA) is 63.2 Å². The molecular weight excluding hydrogens is 270 g/mol. The smallest absolute Gasteiger partial charge is 0.327 e. The van der Waals surface area contributed by atoms with Crippen LogP contribution in [0.25, 0.3) is 0 Å². The summed E-state index contributed by atoms with van der Waals surface area (Å²) >= 11 is 0. The van der Waals surface area contributed by atoms with Gasteiger partial charge in [0.2, 0.25) is 0 Å². The van der Waals surface area contributed by atoms with Crippen LogP contribution in [0.15, 0.2) is 35.3 Å². The fourth-order valence-corrected chi connectivity index (χ4v) is 1.99. The maximum Gasteiger partial charge on any atom is 0.327 e. The summed E-state index contributed by atoms with van der Waals surface area (Å²) in [6.07, 6.45) is 0. The zero-order valence-electron chi connectivity index (χ0n) is 12.2. The zero-order chi connectivity index (χ0) is 14.9. The van der Waals surface area contributed by atoms with E-state index in [-0.39, 0.29) is 12.5 Å². The van der Waals surface area contributed by atoms with E-state index in [2.05, 4.69) is 15.2 Å². The number of hydrogen-bond acceptors (Lipinski definition) is 4. The number of guanidine groups is 1. The highest BCUT2D eigenvalue weighted by molar-refractivity contribution is 5.94. The average molecular weight is 291 g/mol. The molecule has 0 atom stereocenters. The van der Waals surface area contributed by atoms with Crippen molar-refractivity contribution in [3.05, 3.63) is 30.3 Å². The SMILES string of the molecule is CCOC(=O)CN=C(Nc1ccccc1)N1CCOCC1. The lowest BCUT2D eigenvalue weighted by atomic mass is 10.3. The number of nitrogens with zero attached hydrogens (tertiary/aromatic N) is 2. The highest BCUT2D eigenvalue weighted by atomic mass is 16.5. The molecule has 1 aromatic rings. The van der Waals surface area contributed by atoms with Gasteiger partial charge in [-0.25, -0.2) is 4.99 Å². The number of nitrogens with one attached hydrogen (secondary N) is 1. The summed E-state index contributed by atoms with van der Waals surface area (Å²) in [5.74, 6) is 0.357. The lowest BCUT2D eigenvalue weighted by Gasteiger charge is -2.30. The van der Waals surface area contributed by atoms with Crippen molar-refractivity contribution in [3.8, 4) is 0 Å². The third-order valence-corrected chi connectivity index (χ3v) is 3.00. The Hall–Kier alpha value is -2.08. The van der Waals surface area contributed by atoms with Crippen LogP contribution in [-0.2, 0) is 14.3 Å². The number of rotatable bonds is 4. The van der Waals surface area contributed by atoms with Crippen molar-refractivity contribution in [2.75, 3.05) is 44.8 Å². The molecular formula is C15H21N3O3. The summed E-state index contributed by atoms with van der Waals surface area (Å²) in [4.78, 5) is 17.9. The Balaban J connectivity index is 2.05. The lowest BCUT2D eigenvalue weighted by Crippen LogP contribution is -2.44. The second kappa shape index (κ2) is 8.26. The molecule has 114 valence electrons. The predicted molar refractivity (Wildman–Crippen MR) is 81.4 cm³/mol. The van der Waals surface area contributed by atoms with Gasteiger partial charge in [-0.05, 0) is 19.1 Å². The van der Waals surface area contributed by atoms with Gasteiger partial charge in [0.25, 0.3) is 0 Å². The number of anilines is 1. The van der Waals surface area contributed by atoms with Crippen molar-refractivity contribution in [2.24, 2.45) is 4.99 Å². The molecule has 0 spiro atoms. The van der Waals surface area contributed by atoms with Gasteiger partial charge < -0.3 is 19.7 Å². The maximum absolute atomic E-state index is 11.5. The lowest BCUT2D eigenvalue weighted by molar-refractivity contribution is -0.141. The van der Waals surface area contributed by atoms with Crippen molar-refractivity contribution >= 4 is 17.6 Å². The second-order valence-electron chi connectivity index (χ2n) is 4.54. The number of aliphatic imine (C=N–C) groups is 1. The minimum Gasteiger partial charge on any atom is -0.465 e. The molecule has 1 saturated heterocycles. The van der Waals surface area contributed by atoms with Gasteiger partial charge in [-0.3, -0.25) is 4.79 Å². The van der Waals surface area contributed by atoms with E-state index in [0.29, 0.717) is 25.8 Å². The molecule has 0 saturated carbocycles. The zero-order valence-corrected chi connectivity index (χ0v) is 12.2. The molecule has 1 aromatic carbocycles. The van der Waals surface area contributed by atoms with E-state index in [0.717, 1.165) is 18.8 Å². The largest absolute Gasteiger partial charge is 0.465 e. The van der Waals surface area contributed by atoms with Crippen LogP contribution < -0.4 is 5.32 Å². The molecule has 2 rings (SSSR count). The molecule has 6 nitrogen and oxygen atoms in total. The van der Waals surface area contributed by atoms with Crippen LogP contribution in [0.2, 0.25) is 0 Å². The first kappa shape index (κ1) is 15.3.